The lowest BCUT2D eigenvalue weighted by Crippen LogP contribution is -2.16. The predicted octanol–water partition coefficient (Wildman–Crippen LogP) is 43.7. The van der Waals surface area contributed by atoms with Gasteiger partial charge in [0.2, 0.25) is 0 Å². The fourth-order valence-electron chi connectivity index (χ4n) is 18.7. The van der Waals surface area contributed by atoms with Gasteiger partial charge in [-0.2, -0.15) is 5.26 Å². The Morgan fingerprint density at radius 1 is 0.163 bits per heavy atom. The van der Waals surface area contributed by atoms with Crippen LogP contribution in [-0.2, 0) is 54.1 Å². The van der Waals surface area contributed by atoms with Gasteiger partial charge >= 0.3 is 0 Å². The van der Waals surface area contributed by atoms with Crippen molar-refractivity contribution in [3.63, 3.8) is 0 Å². The lowest BCUT2D eigenvalue weighted by atomic mass is 9.79. The van der Waals surface area contributed by atoms with E-state index >= 15 is 0 Å². The van der Waals surface area contributed by atoms with Crippen molar-refractivity contribution in [2.45, 2.75) is 522 Å². The van der Waals surface area contributed by atoms with Crippen LogP contribution in [0.15, 0.2) is 182 Å². The van der Waals surface area contributed by atoms with Gasteiger partial charge in [-0.05, 0) is 299 Å². The van der Waals surface area contributed by atoms with Gasteiger partial charge in [-0.1, -0.05) is 567 Å². The Bertz CT molecular complexity index is 4930. The van der Waals surface area contributed by atoms with Gasteiger partial charge in [0.15, 0.2) is 0 Å². The van der Waals surface area contributed by atoms with Gasteiger partial charge in [0.1, 0.15) is 0 Å². The Balaban J connectivity index is 0.000000783. The van der Waals surface area contributed by atoms with Crippen molar-refractivity contribution in [1.82, 2.24) is 0 Å². The van der Waals surface area contributed by atoms with Crippen molar-refractivity contribution in [3.05, 3.63) is 349 Å². The molecule has 0 bridgehead atoms. The maximum atomic E-state index is 9.11. The highest BCUT2D eigenvalue weighted by atomic mass is 14.3. The van der Waals surface area contributed by atoms with E-state index in [-0.39, 0.29) is 54.1 Å². The number of rotatable bonds is 10. The number of hydrogen-bond donors (Lipinski definition) is 0. The topological polar surface area (TPSA) is 23.8 Å². The largest absolute Gasteiger partial charge is 0.192 e. The molecular weight excluding hydrogens is 1700 g/mol. The summed E-state index contributed by atoms with van der Waals surface area (Å²) >= 11 is 0. The molecule has 0 spiro atoms. The first kappa shape index (κ1) is 131. The third-order valence-corrected chi connectivity index (χ3v) is 26.4. The molecule has 10 aromatic rings. The second-order valence-electron chi connectivity index (χ2n) is 54.7. The third-order valence-electron chi connectivity index (χ3n) is 26.4. The maximum absolute atomic E-state index is 9.11. The monoisotopic (exact) mass is 1910 g/mol. The second kappa shape index (κ2) is 54.7. The number of nitrogens with zero attached hydrogens (tertiary/aromatic N) is 1. The Labute approximate surface area is 876 Å². The van der Waals surface area contributed by atoms with Crippen LogP contribution in [0.25, 0.3) is 0 Å². The van der Waals surface area contributed by atoms with Crippen LogP contribution in [0, 0.1) is 73.6 Å². The molecule has 0 amide bonds. The molecule has 1 nitrogen and oxygen atoms in total. The van der Waals surface area contributed by atoms with Crippen LogP contribution in [0.5, 0.6) is 0 Å². The van der Waals surface area contributed by atoms with Crippen LogP contribution in [0.2, 0.25) is 0 Å². The molecule has 0 radical (unpaired) electrons. The zero-order valence-corrected chi connectivity index (χ0v) is 103. The van der Waals surface area contributed by atoms with Gasteiger partial charge in [0.05, 0.1) is 11.6 Å². The van der Waals surface area contributed by atoms with Crippen molar-refractivity contribution < 1.29 is 0 Å². The fourth-order valence-corrected chi connectivity index (χ4v) is 18.7. The summed E-state index contributed by atoms with van der Waals surface area (Å²) in [6.07, 6.45) is 0. The van der Waals surface area contributed by atoms with E-state index in [1.807, 2.05) is 12.1 Å². The van der Waals surface area contributed by atoms with E-state index in [1.54, 1.807) is 0 Å². The van der Waals surface area contributed by atoms with Gasteiger partial charge in [0, 0.05) is 0 Å². The van der Waals surface area contributed by atoms with E-state index < -0.39 is 0 Å². The van der Waals surface area contributed by atoms with Crippen molar-refractivity contribution in [3.8, 4) is 6.07 Å². The van der Waals surface area contributed by atoms with E-state index in [1.165, 1.54) is 161 Å². The summed E-state index contributed by atoms with van der Waals surface area (Å²) in [4.78, 5) is 0. The van der Waals surface area contributed by atoms with Crippen LogP contribution < -0.4 is 0 Å². The fraction of sp³-hybridized carbons (Fsp3) is 0.564. The molecule has 10 aromatic carbocycles. The van der Waals surface area contributed by atoms with Crippen LogP contribution in [-0.4, -0.2) is 0 Å². The molecule has 0 aliphatic rings. The molecule has 0 N–H and O–H groups in total. The van der Waals surface area contributed by atoms with Crippen LogP contribution in [0.4, 0.5) is 0 Å². The highest BCUT2D eigenvalue weighted by Gasteiger charge is 2.29. The summed E-state index contributed by atoms with van der Waals surface area (Å²) in [5, 5.41) is 9.11. The summed E-state index contributed by atoms with van der Waals surface area (Å²) in [7, 11) is 0. The summed E-state index contributed by atoms with van der Waals surface area (Å²) in [6, 6.07) is 69.5. The van der Waals surface area contributed by atoms with E-state index in [4.69, 9.17) is 5.26 Å². The van der Waals surface area contributed by atoms with Crippen molar-refractivity contribution in [1.29, 1.82) is 5.26 Å². The first-order chi connectivity index (χ1) is 63.8. The highest BCUT2D eigenvalue weighted by Crippen LogP contribution is 2.41. The molecule has 0 aromatic heterocycles. The third kappa shape index (κ3) is 43.5. The van der Waals surface area contributed by atoms with Gasteiger partial charge in [0.25, 0.3) is 0 Å². The average molecular weight is 1910 g/mol. The number of nitriles is 1. The Morgan fingerprint density at radius 2 is 0.326 bits per heavy atom. The molecule has 141 heavy (non-hydrogen) atoms. The van der Waals surface area contributed by atoms with Gasteiger partial charge < -0.3 is 0 Å². The standard InChI is InChI=1S/C14H19N.9C14H22/c1-10(2)13-11(9-15)7-6-8-12(13)14(3,4)5;4*1-10(2)12-9-11(3)7-8-13(12)14(4,5)6;4*1-10(2)12-8-7-11(3)9-13(12)14(4,5)6;1-10(2)13-11(3)8-7-9-12(13)14(4,5)6/h6-8,10H,1-5H3;9*7-10H,1-6H3. The molecule has 0 unspecified atom stereocenters. The van der Waals surface area contributed by atoms with Crippen molar-refractivity contribution >= 4 is 0 Å². The summed E-state index contributed by atoms with van der Waals surface area (Å²) in [5.41, 5.74) is 44.9. The van der Waals surface area contributed by atoms with Crippen LogP contribution >= 0.6 is 0 Å². The number of benzene rings is 10. The normalized spacial score (nSPS) is 12.1. The molecule has 0 saturated heterocycles. The molecule has 0 aliphatic carbocycles. The minimum Gasteiger partial charge on any atom is -0.192 e. The van der Waals surface area contributed by atoms with Crippen LogP contribution in [0.1, 0.15) is 572 Å². The van der Waals surface area contributed by atoms with Gasteiger partial charge in [-0.25, -0.2) is 0 Å². The molecular formula is C140H217N. The summed E-state index contributed by atoms with van der Waals surface area (Å²) < 4.78 is 0. The Morgan fingerprint density at radius 3 is 0.482 bits per heavy atom. The molecule has 0 fully saturated rings. The smallest absolute Gasteiger partial charge is 0.0994 e. The molecule has 10 rings (SSSR count). The van der Waals surface area contributed by atoms with Crippen molar-refractivity contribution in [2.75, 3.05) is 0 Å². The molecule has 0 aliphatic heterocycles. The first-order valence-electron chi connectivity index (χ1n) is 54.3. The lowest BCUT2D eigenvalue weighted by Gasteiger charge is -2.26. The number of hydrogen-bond acceptors (Lipinski definition) is 1. The van der Waals surface area contributed by atoms with Gasteiger partial charge in [-0.15, -0.1) is 0 Å². The highest BCUT2D eigenvalue weighted by molar-refractivity contribution is 5.50. The lowest BCUT2D eigenvalue weighted by molar-refractivity contribution is 0.575. The average Bonchev–Trinajstić information content (AvgIpc) is 0.793. The summed E-state index contributed by atoms with van der Waals surface area (Å²) in [6.45, 7) is 133. The minimum absolute atomic E-state index is 0.104. The zero-order chi connectivity index (χ0) is 110. The second-order valence-corrected chi connectivity index (χ2v) is 54.7. The number of aryl methyl sites for hydroxylation is 9. The molecule has 782 valence electrons. The van der Waals surface area contributed by atoms with Crippen LogP contribution in [0.3, 0.4) is 0 Å². The minimum atomic E-state index is 0.104. The summed E-state index contributed by atoms with van der Waals surface area (Å²) in [5.74, 6) is 5.94. The molecule has 0 heterocycles. The van der Waals surface area contributed by atoms with Crippen molar-refractivity contribution in [2.24, 2.45) is 0 Å². The van der Waals surface area contributed by atoms with Gasteiger partial charge in [-0.3, -0.25) is 0 Å². The maximum Gasteiger partial charge on any atom is 0.0994 e. The zero-order valence-electron chi connectivity index (χ0n) is 103. The SMILES string of the molecule is CC(C)c1c(C#N)cccc1C(C)(C)C.Cc1ccc(C(C)(C)C)c(C(C)C)c1.Cc1ccc(C(C)(C)C)c(C(C)C)c1.Cc1ccc(C(C)(C)C)c(C(C)C)c1.Cc1ccc(C(C)(C)C)c(C(C)C)c1.Cc1ccc(C(C)C)c(C(C)(C)C)c1.Cc1ccc(C(C)C)c(C(C)(C)C)c1.Cc1ccc(C(C)C)c(C(C)(C)C)c1.Cc1ccc(C(C)C)c(C(C)(C)C)c1.Cc1cccc(C(C)(C)C)c1C(C)C. The quantitative estimate of drug-likeness (QED) is 0.134. The Hall–Kier alpha value is -8.31. The molecule has 1 heteroatoms. The predicted molar refractivity (Wildman–Crippen MR) is 640 cm³/mol. The van der Waals surface area contributed by atoms with E-state index in [2.05, 4.69) is 584 Å². The Kier molecular flexibility index (Phi) is 50.7. The molecule has 0 atom stereocenters. The van der Waals surface area contributed by atoms with E-state index in [0.717, 1.165) is 5.56 Å². The van der Waals surface area contributed by atoms with E-state index in [9.17, 15) is 0 Å². The van der Waals surface area contributed by atoms with E-state index in [0.29, 0.717) is 59.2 Å². The first-order valence-corrected chi connectivity index (χ1v) is 54.3. The molecule has 0 saturated carbocycles.